The van der Waals surface area contributed by atoms with Crippen molar-refractivity contribution in [2.75, 3.05) is 13.1 Å². The standard InChI is InChI=1S/C11H20N4/c1-2-15-7-5-13-11(15)9-14-6-3-4-10(12)8-14/h5,7,10H,2-4,6,8-9,12H2,1H3. The predicted octanol–water partition coefficient (Wildman–Crippen LogP) is 0.826. The fourth-order valence-corrected chi connectivity index (χ4v) is 2.21. The minimum absolute atomic E-state index is 0.351. The Hall–Kier alpha value is -0.870. The van der Waals surface area contributed by atoms with Crippen LogP contribution in [0.15, 0.2) is 12.4 Å². The summed E-state index contributed by atoms with van der Waals surface area (Å²) in [4.78, 5) is 6.79. The van der Waals surface area contributed by atoms with Crippen molar-refractivity contribution in [3.8, 4) is 0 Å². The van der Waals surface area contributed by atoms with Crippen LogP contribution in [0.1, 0.15) is 25.6 Å². The van der Waals surface area contributed by atoms with Gasteiger partial charge < -0.3 is 10.3 Å². The van der Waals surface area contributed by atoms with Gasteiger partial charge in [0.15, 0.2) is 0 Å². The van der Waals surface area contributed by atoms with Gasteiger partial charge in [0, 0.05) is 31.5 Å². The molecule has 0 bridgehead atoms. The monoisotopic (exact) mass is 208 g/mol. The molecule has 4 heteroatoms. The van der Waals surface area contributed by atoms with Crippen molar-refractivity contribution in [1.82, 2.24) is 14.5 Å². The van der Waals surface area contributed by atoms with Gasteiger partial charge in [-0.2, -0.15) is 0 Å². The SMILES string of the molecule is CCn1ccnc1CN1CCCC(N)C1. The molecule has 0 aromatic carbocycles. The van der Waals surface area contributed by atoms with Crippen LogP contribution in [0.3, 0.4) is 0 Å². The lowest BCUT2D eigenvalue weighted by molar-refractivity contribution is 0.195. The molecule has 1 fully saturated rings. The van der Waals surface area contributed by atoms with Gasteiger partial charge in [-0.05, 0) is 26.3 Å². The molecule has 4 nitrogen and oxygen atoms in total. The van der Waals surface area contributed by atoms with Crippen LogP contribution in [0.25, 0.3) is 0 Å². The van der Waals surface area contributed by atoms with E-state index in [1.165, 1.54) is 12.8 Å². The van der Waals surface area contributed by atoms with Crippen LogP contribution in [0.5, 0.6) is 0 Å². The molecule has 1 aromatic heterocycles. The summed E-state index contributed by atoms with van der Waals surface area (Å²) in [5, 5.41) is 0. The summed E-state index contributed by atoms with van der Waals surface area (Å²) in [6, 6.07) is 0.351. The van der Waals surface area contributed by atoms with Crippen molar-refractivity contribution in [1.29, 1.82) is 0 Å². The van der Waals surface area contributed by atoms with Gasteiger partial charge in [-0.1, -0.05) is 0 Å². The first-order valence-electron chi connectivity index (χ1n) is 5.77. The zero-order valence-electron chi connectivity index (χ0n) is 9.39. The normalized spacial score (nSPS) is 23.2. The van der Waals surface area contributed by atoms with Crippen LogP contribution in [0.2, 0.25) is 0 Å². The summed E-state index contributed by atoms with van der Waals surface area (Å²) in [6.07, 6.45) is 6.30. The lowest BCUT2D eigenvalue weighted by Gasteiger charge is -2.30. The molecule has 1 aliphatic heterocycles. The fraction of sp³-hybridized carbons (Fsp3) is 0.727. The van der Waals surface area contributed by atoms with Crippen LogP contribution >= 0.6 is 0 Å². The molecule has 1 aromatic rings. The van der Waals surface area contributed by atoms with Crippen molar-refractivity contribution < 1.29 is 0 Å². The van der Waals surface area contributed by atoms with E-state index in [0.717, 1.165) is 32.0 Å². The molecule has 2 N–H and O–H groups in total. The lowest BCUT2D eigenvalue weighted by atomic mass is 10.1. The maximum absolute atomic E-state index is 5.96. The Labute approximate surface area is 91.1 Å². The maximum atomic E-state index is 5.96. The number of likely N-dealkylation sites (tertiary alicyclic amines) is 1. The highest BCUT2D eigenvalue weighted by molar-refractivity contribution is 4.93. The third kappa shape index (κ3) is 2.58. The van der Waals surface area contributed by atoms with E-state index >= 15 is 0 Å². The lowest BCUT2D eigenvalue weighted by Crippen LogP contribution is -2.42. The molecule has 2 rings (SSSR count). The second-order valence-corrected chi connectivity index (χ2v) is 4.27. The first-order valence-corrected chi connectivity index (χ1v) is 5.77. The van der Waals surface area contributed by atoms with E-state index in [-0.39, 0.29) is 0 Å². The van der Waals surface area contributed by atoms with E-state index in [9.17, 15) is 0 Å². The van der Waals surface area contributed by atoms with E-state index < -0.39 is 0 Å². The number of imidazole rings is 1. The summed E-state index contributed by atoms with van der Waals surface area (Å²) in [5.74, 6) is 1.16. The van der Waals surface area contributed by atoms with E-state index in [1.807, 2.05) is 12.4 Å². The van der Waals surface area contributed by atoms with Crippen LogP contribution in [-0.4, -0.2) is 33.6 Å². The molecule has 15 heavy (non-hydrogen) atoms. The second-order valence-electron chi connectivity index (χ2n) is 4.27. The zero-order valence-corrected chi connectivity index (χ0v) is 9.39. The van der Waals surface area contributed by atoms with Gasteiger partial charge in [0.2, 0.25) is 0 Å². The first kappa shape index (κ1) is 10.6. The van der Waals surface area contributed by atoms with Crippen molar-refractivity contribution in [3.63, 3.8) is 0 Å². The molecule has 2 heterocycles. The van der Waals surface area contributed by atoms with E-state index in [2.05, 4.69) is 21.4 Å². The summed E-state index contributed by atoms with van der Waals surface area (Å²) in [7, 11) is 0. The van der Waals surface area contributed by atoms with Crippen LogP contribution in [0.4, 0.5) is 0 Å². The largest absolute Gasteiger partial charge is 0.334 e. The van der Waals surface area contributed by atoms with Crippen molar-refractivity contribution in [2.24, 2.45) is 5.73 Å². The van der Waals surface area contributed by atoms with Gasteiger partial charge in [-0.25, -0.2) is 4.98 Å². The Morgan fingerprint density at radius 2 is 2.47 bits per heavy atom. The fourth-order valence-electron chi connectivity index (χ4n) is 2.21. The van der Waals surface area contributed by atoms with Crippen molar-refractivity contribution in [3.05, 3.63) is 18.2 Å². The van der Waals surface area contributed by atoms with Crippen LogP contribution < -0.4 is 5.73 Å². The summed E-state index contributed by atoms with van der Waals surface area (Å²) < 4.78 is 2.19. The van der Waals surface area contributed by atoms with Crippen LogP contribution in [-0.2, 0) is 13.1 Å². The van der Waals surface area contributed by atoms with Crippen molar-refractivity contribution >= 4 is 0 Å². The topological polar surface area (TPSA) is 47.1 Å². The molecule has 1 atom stereocenters. The molecular weight excluding hydrogens is 188 g/mol. The molecule has 0 saturated carbocycles. The highest BCUT2D eigenvalue weighted by Gasteiger charge is 2.17. The number of aromatic nitrogens is 2. The average molecular weight is 208 g/mol. The van der Waals surface area contributed by atoms with Crippen molar-refractivity contribution in [2.45, 2.75) is 38.9 Å². The number of piperidine rings is 1. The Morgan fingerprint density at radius 3 is 3.20 bits per heavy atom. The Bertz CT molecular complexity index is 307. The molecule has 0 aliphatic carbocycles. The Morgan fingerprint density at radius 1 is 1.60 bits per heavy atom. The Balaban J connectivity index is 1.96. The second kappa shape index (κ2) is 4.77. The number of nitrogens with zero attached hydrogens (tertiary/aromatic N) is 3. The first-order chi connectivity index (χ1) is 7.29. The van der Waals surface area contributed by atoms with Gasteiger partial charge in [-0.15, -0.1) is 0 Å². The van der Waals surface area contributed by atoms with Gasteiger partial charge in [0.25, 0.3) is 0 Å². The molecule has 84 valence electrons. The molecule has 0 spiro atoms. The van der Waals surface area contributed by atoms with Crippen LogP contribution in [0, 0.1) is 0 Å². The molecule has 1 unspecified atom stereocenters. The molecule has 0 radical (unpaired) electrons. The highest BCUT2D eigenvalue weighted by Crippen LogP contribution is 2.11. The van der Waals surface area contributed by atoms with Gasteiger partial charge in [0.1, 0.15) is 5.82 Å². The van der Waals surface area contributed by atoms with E-state index in [4.69, 9.17) is 5.73 Å². The van der Waals surface area contributed by atoms with E-state index in [0.29, 0.717) is 6.04 Å². The maximum Gasteiger partial charge on any atom is 0.122 e. The number of hydrogen-bond acceptors (Lipinski definition) is 3. The van der Waals surface area contributed by atoms with E-state index in [1.54, 1.807) is 0 Å². The number of aryl methyl sites for hydroxylation is 1. The average Bonchev–Trinajstić information content (AvgIpc) is 2.65. The number of rotatable bonds is 3. The third-order valence-electron chi connectivity index (χ3n) is 3.05. The summed E-state index contributed by atoms with van der Waals surface area (Å²) in [5.41, 5.74) is 5.96. The molecular formula is C11H20N4. The Kier molecular flexibility index (Phi) is 3.38. The molecule has 0 amide bonds. The van der Waals surface area contributed by atoms with Gasteiger partial charge in [0.05, 0.1) is 6.54 Å². The van der Waals surface area contributed by atoms with Gasteiger partial charge >= 0.3 is 0 Å². The molecule has 1 aliphatic rings. The van der Waals surface area contributed by atoms with Gasteiger partial charge in [-0.3, -0.25) is 4.90 Å². The predicted molar refractivity (Wildman–Crippen MR) is 60.4 cm³/mol. The molecule has 1 saturated heterocycles. The summed E-state index contributed by atoms with van der Waals surface area (Å²) >= 11 is 0. The number of nitrogens with two attached hydrogens (primary N) is 1. The highest BCUT2D eigenvalue weighted by atomic mass is 15.2. The quantitative estimate of drug-likeness (QED) is 0.800. The number of hydrogen-bond donors (Lipinski definition) is 1. The summed E-state index contributed by atoms with van der Waals surface area (Å²) in [6.45, 7) is 6.25. The minimum atomic E-state index is 0.351. The smallest absolute Gasteiger partial charge is 0.122 e. The minimum Gasteiger partial charge on any atom is -0.334 e. The third-order valence-corrected chi connectivity index (χ3v) is 3.05. The zero-order chi connectivity index (χ0) is 10.7.